The first-order valence-corrected chi connectivity index (χ1v) is 9.37. The van der Waals surface area contributed by atoms with Crippen molar-refractivity contribution in [3.8, 4) is 11.8 Å². The third kappa shape index (κ3) is 3.59. The number of carbonyl (C=O) groups excluding carboxylic acids is 2. The first-order chi connectivity index (χ1) is 13.1. The number of benzene rings is 1. The number of nitrogens with zero attached hydrogens (tertiary/aromatic N) is 3. The minimum absolute atomic E-state index is 0.219. The summed E-state index contributed by atoms with van der Waals surface area (Å²) in [5, 5.41) is 11.3. The molecular weight excluding hydrogens is 342 g/mol. The second-order valence-electron chi connectivity index (χ2n) is 7.02. The normalized spacial score (nSPS) is 21.0. The number of fused-ring (bicyclic) bond motifs is 1. The zero-order chi connectivity index (χ0) is 18.8. The third-order valence-electron chi connectivity index (χ3n) is 5.15. The number of hydrogen-bond donors (Lipinski definition) is 2. The summed E-state index contributed by atoms with van der Waals surface area (Å²) in [5.74, 6) is 6.07. The molecule has 1 aromatic carbocycles. The molecule has 2 amide bonds. The average Bonchev–Trinajstić information content (AvgIpc) is 3.00. The maximum atomic E-state index is 12.3. The van der Waals surface area contributed by atoms with E-state index < -0.39 is 6.04 Å². The molecule has 0 spiro atoms. The van der Waals surface area contributed by atoms with Gasteiger partial charge in [0.1, 0.15) is 6.04 Å². The van der Waals surface area contributed by atoms with E-state index in [2.05, 4.69) is 32.5 Å². The summed E-state index contributed by atoms with van der Waals surface area (Å²) in [6.45, 7) is 6.74. The molecule has 140 valence electrons. The molecule has 0 saturated carbocycles. The molecule has 1 unspecified atom stereocenters. The second kappa shape index (κ2) is 7.51. The number of nitrogens with one attached hydrogen (secondary N) is 2. The number of rotatable bonds is 2. The fourth-order valence-corrected chi connectivity index (χ4v) is 3.75. The molecule has 2 aliphatic rings. The van der Waals surface area contributed by atoms with Crippen LogP contribution in [-0.4, -0.2) is 59.2 Å². The highest BCUT2D eigenvalue weighted by Crippen LogP contribution is 2.27. The van der Waals surface area contributed by atoms with Crippen LogP contribution in [0.5, 0.6) is 0 Å². The highest BCUT2D eigenvalue weighted by molar-refractivity contribution is 6.00. The van der Waals surface area contributed by atoms with Crippen molar-refractivity contribution < 1.29 is 9.59 Å². The van der Waals surface area contributed by atoms with E-state index in [0.29, 0.717) is 12.8 Å². The molecule has 4 rings (SSSR count). The zero-order valence-corrected chi connectivity index (χ0v) is 15.4. The van der Waals surface area contributed by atoms with Gasteiger partial charge in [0.15, 0.2) is 0 Å². The lowest BCUT2D eigenvalue weighted by molar-refractivity contribution is -0.135. The molecule has 0 bridgehead atoms. The number of piperazine rings is 1. The van der Waals surface area contributed by atoms with Crippen molar-refractivity contribution >= 4 is 22.7 Å². The van der Waals surface area contributed by atoms with Gasteiger partial charge in [-0.2, -0.15) is 5.10 Å². The number of amides is 2. The monoisotopic (exact) mass is 365 g/mol. The Kier molecular flexibility index (Phi) is 4.92. The van der Waals surface area contributed by atoms with Gasteiger partial charge in [-0.3, -0.25) is 24.5 Å². The van der Waals surface area contributed by atoms with E-state index in [1.807, 2.05) is 25.1 Å². The highest BCUT2D eigenvalue weighted by Gasteiger charge is 2.30. The molecule has 3 heterocycles. The summed E-state index contributed by atoms with van der Waals surface area (Å²) < 4.78 is 1.74. The van der Waals surface area contributed by atoms with Gasteiger partial charge >= 0.3 is 0 Å². The summed E-state index contributed by atoms with van der Waals surface area (Å²) in [6, 6.07) is 5.44. The first kappa shape index (κ1) is 17.7. The van der Waals surface area contributed by atoms with E-state index in [1.165, 1.54) is 0 Å². The SMILES string of the molecule is Cc1nn(C2CCC(=O)NC2=O)c2cccc(C#CCN3CCNCC3)c12. The molecule has 2 fully saturated rings. The Balaban J connectivity index is 1.63. The van der Waals surface area contributed by atoms with Gasteiger partial charge in [0.25, 0.3) is 5.91 Å². The lowest BCUT2D eigenvalue weighted by Gasteiger charge is -2.24. The van der Waals surface area contributed by atoms with Crippen molar-refractivity contribution in [1.82, 2.24) is 25.3 Å². The van der Waals surface area contributed by atoms with E-state index in [4.69, 9.17) is 0 Å². The van der Waals surface area contributed by atoms with Gasteiger partial charge in [0.2, 0.25) is 5.91 Å². The van der Waals surface area contributed by atoms with Gasteiger partial charge in [0.05, 0.1) is 17.8 Å². The van der Waals surface area contributed by atoms with Gasteiger partial charge in [-0.1, -0.05) is 17.9 Å². The molecule has 1 aromatic heterocycles. The Morgan fingerprint density at radius 1 is 1.26 bits per heavy atom. The van der Waals surface area contributed by atoms with Crippen LogP contribution >= 0.6 is 0 Å². The van der Waals surface area contributed by atoms with E-state index in [-0.39, 0.29) is 11.8 Å². The van der Waals surface area contributed by atoms with Crippen molar-refractivity contribution in [2.45, 2.75) is 25.8 Å². The Morgan fingerprint density at radius 3 is 2.85 bits per heavy atom. The van der Waals surface area contributed by atoms with Crippen LogP contribution < -0.4 is 10.6 Å². The Morgan fingerprint density at radius 2 is 2.07 bits per heavy atom. The second-order valence-corrected chi connectivity index (χ2v) is 7.02. The van der Waals surface area contributed by atoms with Crippen molar-refractivity contribution in [1.29, 1.82) is 0 Å². The predicted octanol–water partition coefficient (Wildman–Crippen LogP) is 0.579. The fourth-order valence-electron chi connectivity index (χ4n) is 3.75. The Bertz CT molecular complexity index is 946. The number of carbonyl (C=O) groups is 2. The molecule has 7 heteroatoms. The molecule has 2 aliphatic heterocycles. The molecule has 27 heavy (non-hydrogen) atoms. The van der Waals surface area contributed by atoms with E-state index in [9.17, 15) is 9.59 Å². The number of aromatic nitrogens is 2. The number of hydrogen-bond acceptors (Lipinski definition) is 5. The molecule has 2 aromatic rings. The van der Waals surface area contributed by atoms with Crippen LogP contribution in [0.15, 0.2) is 18.2 Å². The van der Waals surface area contributed by atoms with Gasteiger partial charge in [-0.05, 0) is 25.5 Å². The van der Waals surface area contributed by atoms with Crippen molar-refractivity contribution in [2.75, 3.05) is 32.7 Å². The highest BCUT2D eigenvalue weighted by atomic mass is 16.2. The van der Waals surface area contributed by atoms with Crippen LogP contribution in [0.3, 0.4) is 0 Å². The topological polar surface area (TPSA) is 79.3 Å². The molecule has 1 atom stereocenters. The maximum absolute atomic E-state index is 12.3. The third-order valence-corrected chi connectivity index (χ3v) is 5.15. The van der Waals surface area contributed by atoms with E-state index in [1.54, 1.807) is 4.68 Å². The largest absolute Gasteiger partial charge is 0.314 e. The summed E-state index contributed by atoms with van der Waals surface area (Å²) in [6.07, 6.45) is 0.806. The van der Waals surface area contributed by atoms with Crippen LogP contribution in [0.1, 0.15) is 30.1 Å². The smallest absolute Gasteiger partial charge is 0.251 e. The quantitative estimate of drug-likeness (QED) is 0.601. The summed E-state index contributed by atoms with van der Waals surface area (Å²) in [4.78, 5) is 26.0. The summed E-state index contributed by atoms with van der Waals surface area (Å²) in [7, 11) is 0. The number of imide groups is 1. The Hall–Kier alpha value is -2.69. The van der Waals surface area contributed by atoms with Crippen LogP contribution in [0.2, 0.25) is 0 Å². The van der Waals surface area contributed by atoms with Gasteiger partial charge in [-0.25, -0.2) is 0 Å². The zero-order valence-electron chi connectivity index (χ0n) is 15.4. The summed E-state index contributed by atoms with van der Waals surface area (Å²) >= 11 is 0. The van der Waals surface area contributed by atoms with Crippen molar-refractivity contribution in [3.05, 3.63) is 29.5 Å². The van der Waals surface area contributed by atoms with Crippen LogP contribution in [0.25, 0.3) is 10.9 Å². The van der Waals surface area contributed by atoms with Crippen molar-refractivity contribution in [2.24, 2.45) is 0 Å². The van der Waals surface area contributed by atoms with E-state index in [0.717, 1.165) is 54.9 Å². The first-order valence-electron chi connectivity index (χ1n) is 9.37. The predicted molar refractivity (Wildman–Crippen MR) is 102 cm³/mol. The van der Waals surface area contributed by atoms with Gasteiger partial charge in [-0.15, -0.1) is 0 Å². The van der Waals surface area contributed by atoms with Crippen LogP contribution in [0, 0.1) is 18.8 Å². The maximum Gasteiger partial charge on any atom is 0.251 e. The molecule has 7 nitrogen and oxygen atoms in total. The molecule has 2 saturated heterocycles. The summed E-state index contributed by atoms with van der Waals surface area (Å²) in [5.41, 5.74) is 2.66. The molecular formula is C20H23N5O2. The van der Waals surface area contributed by atoms with Gasteiger partial charge in [0, 0.05) is 43.5 Å². The number of piperidine rings is 1. The number of aryl methyl sites for hydroxylation is 1. The van der Waals surface area contributed by atoms with Gasteiger partial charge < -0.3 is 5.32 Å². The Labute approximate surface area is 158 Å². The average molecular weight is 365 g/mol. The van der Waals surface area contributed by atoms with Crippen molar-refractivity contribution in [3.63, 3.8) is 0 Å². The van der Waals surface area contributed by atoms with Crippen LogP contribution in [0.4, 0.5) is 0 Å². The molecule has 0 radical (unpaired) electrons. The minimum atomic E-state index is -0.456. The lowest BCUT2D eigenvalue weighted by Crippen LogP contribution is -2.43. The minimum Gasteiger partial charge on any atom is -0.314 e. The standard InChI is InChI=1S/C20H23N5O2/c1-14-19-15(5-3-11-24-12-9-21-10-13-24)4-2-6-16(19)25(23-14)17-7-8-18(26)22-20(17)27/h2,4,6,17,21H,7-13H2,1H3,(H,22,26,27). The molecule has 0 aliphatic carbocycles. The fraction of sp³-hybridized carbons (Fsp3) is 0.450. The van der Waals surface area contributed by atoms with Crippen LogP contribution in [-0.2, 0) is 9.59 Å². The molecule has 2 N–H and O–H groups in total. The van der Waals surface area contributed by atoms with E-state index >= 15 is 0 Å². The lowest BCUT2D eigenvalue weighted by atomic mass is 10.1.